The third-order valence-corrected chi connectivity index (χ3v) is 5.49. The maximum Gasteiger partial charge on any atom is 0.307 e. The molecule has 15 heavy (non-hydrogen) atoms. The lowest BCUT2D eigenvalue weighted by atomic mass is 10.1. The molecule has 0 spiro atoms. The number of hydrogen-bond acceptors (Lipinski definition) is 3. The van der Waals surface area contributed by atoms with Crippen molar-refractivity contribution in [1.29, 1.82) is 0 Å². The Labute approximate surface area is 93.9 Å². The second-order valence-electron chi connectivity index (χ2n) is 5.33. The fourth-order valence-electron chi connectivity index (χ4n) is 1.74. The van der Waals surface area contributed by atoms with Gasteiger partial charge in [0.1, 0.15) is 14.5 Å². The maximum atomic E-state index is 11.4. The minimum Gasteiger partial charge on any atom is -0.447 e. The first-order chi connectivity index (χ1) is 6.91. The molecule has 0 aliphatic carbocycles. The number of carbonyl (C=O) groups is 1. The van der Waals surface area contributed by atoms with E-state index in [1.165, 1.54) is 6.42 Å². The van der Waals surface area contributed by atoms with E-state index in [1.807, 2.05) is 0 Å². The zero-order chi connectivity index (χ0) is 11.5. The van der Waals surface area contributed by atoms with Crippen LogP contribution in [0.4, 0.5) is 0 Å². The molecule has 1 fully saturated rings. The van der Waals surface area contributed by atoms with Gasteiger partial charge in [0.2, 0.25) is 0 Å². The van der Waals surface area contributed by atoms with E-state index in [0.29, 0.717) is 6.42 Å². The molecule has 0 saturated carbocycles. The molecule has 1 rings (SSSR count). The van der Waals surface area contributed by atoms with Crippen LogP contribution in [0.5, 0.6) is 0 Å². The summed E-state index contributed by atoms with van der Waals surface area (Å²) in [5.74, 6) is -0.0233. The molecule has 0 aromatic rings. The van der Waals surface area contributed by atoms with Crippen LogP contribution in [0, 0.1) is 0 Å². The van der Waals surface area contributed by atoms with E-state index in [-0.39, 0.29) is 12.2 Å². The molecule has 0 radical (unpaired) electrons. The predicted molar refractivity (Wildman–Crippen MR) is 64.1 cm³/mol. The summed E-state index contributed by atoms with van der Waals surface area (Å²) in [7, 11) is 0.729. The topological polar surface area (TPSA) is 29.5 Å². The summed E-state index contributed by atoms with van der Waals surface area (Å²) >= 11 is 0. The van der Waals surface area contributed by atoms with Gasteiger partial charge >= 0.3 is 5.97 Å². The molecule has 1 atom stereocenters. The third-order valence-electron chi connectivity index (χ3n) is 3.09. The van der Waals surface area contributed by atoms with Gasteiger partial charge in [0.15, 0.2) is 0 Å². The van der Waals surface area contributed by atoms with E-state index in [4.69, 9.17) is 4.74 Å². The smallest absolute Gasteiger partial charge is 0.307 e. The largest absolute Gasteiger partial charge is 0.447 e. The molecule has 88 valence electrons. The number of ether oxygens (including phenoxy) is 1. The highest BCUT2D eigenvalue weighted by molar-refractivity contribution is 6.73. The summed E-state index contributed by atoms with van der Waals surface area (Å²) in [6.45, 7) is 6.83. The highest BCUT2D eigenvalue weighted by atomic mass is 28.3. The second-order valence-corrected chi connectivity index (χ2v) is 10.4. The van der Waals surface area contributed by atoms with Crippen LogP contribution >= 0.6 is 0 Å². The molecule has 0 aromatic heterocycles. The molecule has 4 heteroatoms. The van der Waals surface area contributed by atoms with Crippen molar-refractivity contribution in [3.8, 4) is 0 Å². The van der Waals surface area contributed by atoms with Gasteiger partial charge in [-0.1, -0.05) is 26.1 Å². The quantitative estimate of drug-likeness (QED) is 0.538. The number of cyclic esters (lactones) is 1. The van der Waals surface area contributed by atoms with E-state index < -0.39 is 8.24 Å². The first-order valence-corrected chi connectivity index (χ1v) is 9.28. The standard InChI is InChI=1S/C11H23NO2Si/c1-12(15(2,3)4)10-8-6-5-7-9-11(13)14-10/h10H,5-9H2,1-4H3. The fourth-order valence-corrected chi connectivity index (χ4v) is 2.79. The van der Waals surface area contributed by atoms with Gasteiger partial charge in [-0.25, -0.2) is 0 Å². The van der Waals surface area contributed by atoms with Crippen LogP contribution in [0.1, 0.15) is 32.1 Å². The van der Waals surface area contributed by atoms with Gasteiger partial charge in [-0.05, 0) is 26.3 Å². The highest BCUT2D eigenvalue weighted by Gasteiger charge is 2.29. The SMILES string of the molecule is CN(C1CCCCCC(=O)O1)[Si](C)(C)C. The molecule has 1 aliphatic rings. The number of carbonyl (C=O) groups excluding carboxylic acids is 1. The van der Waals surface area contributed by atoms with Crippen LogP contribution in [0.3, 0.4) is 0 Å². The average Bonchev–Trinajstić information content (AvgIpc) is 2.08. The van der Waals surface area contributed by atoms with Gasteiger partial charge in [0.05, 0.1) is 0 Å². The molecule has 0 N–H and O–H groups in total. The number of esters is 1. The number of hydrogen-bond donors (Lipinski definition) is 0. The zero-order valence-corrected chi connectivity index (χ0v) is 11.4. The minimum absolute atomic E-state index is 0.0180. The predicted octanol–water partition coefficient (Wildman–Crippen LogP) is 2.59. The van der Waals surface area contributed by atoms with E-state index in [1.54, 1.807) is 0 Å². The summed E-state index contributed by atoms with van der Waals surface area (Å²) in [4.78, 5) is 11.4. The lowest BCUT2D eigenvalue weighted by Gasteiger charge is -2.37. The van der Waals surface area contributed by atoms with Crippen LogP contribution < -0.4 is 0 Å². The Morgan fingerprint density at radius 3 is 2.53 bits per heavy atom. The molecule has 0 amide bonds. The van der Waals surface area contributed by atoms with Crippen LogP contribution in [-0.2, 0) is 9.53 Å². The van der Waals surface area contributed by atoms with Crippen molar-refractivity contribution < 1.29 is 9.53 Å². The van der Waals surface area contributed by atoms with Gasteiger partial charge in [-0.15, -0.1) is 0 Å². The summed E-state index contributed by atoms with van der Waals surface area (Å²) in [5.41, 5.74) is 0. The van der Waals surface area contributed by atoms with Crippen LogP contribution in [-0.4, -0.2) is 32.0 Å². The monoisotopic (exact) mass is 229 g/mol. The van der Waals surface area contributed by atoms with Crippen molar-refractivity contribution in [2.24, 2.45) is 0 Å². The summed E-state index contributed by atoms with van der Waals surface area (Å²) in [5, 5.41) is 0. The molecular weight excluding hydrogens is 206 g/mol. The average molecular weight is 229 g/mol. The second kappa shape index (κ2) is 5.12. The Bertz CT molecular complexity index is 225. The van der Waals surface area contributed by atoms with Crippen molar-refractivity contribution in [1.82, 2.24) is 4.57 Å². The third kappa shape index (κ3) is 3.95. The molecule has 1 aliphatic heterocycles. The highest BCUT2D eigenvalue weighted by Crippen LogP contribution is 2.20. The fraction of sp³-hybridized carbons (Fsp3) is 0.909. The molecular formula is C11H23NO2Si. The van der Waals surface area contributed by atoms with E-state index in [2.05, 4.69) is 31.3 Å². The summed E-state index contributed by atoms with van der Waals surface area (Å²) in [6.07, 6.45) is 4.92. The number of rotatable bonds is 2. The first-order valence-electron chi connectivity index (χ1n) is 5.83. The Hall–Kier alpha value is -0.353. The Morgan fingerprint density at radius 1 is 1.27 bits per heavy atom. The Kier molecular flexibility index (Phi) is 4.34. The van der Waals surface area contributed by atoms with Crippen molar-refractivity contribution >= 4 is 14.2 Å². The van der Waals surface area contributed by atoms with E-state index in [0.717, 1.165) is 19.3 Å². The Balaban J connectivity index is 2.61. The van der Waals surface area contributed by atoms with Gasteiger partial charge < -0.3 is 4.74 Å². The van der Waals surface area contributed by atoms with Crippen LogP contribution in [0.25, 0.3) is 0 Å². The minimum atomic E-state index is -1.36. The van der Waals surface area contributed by atoms with Crippen molar-refractivity contribution in [2.75, 3.05) is 7.05 Å². The van der Waals surface area contributed by atoms with Crippen LogP contribution in [0.15, 0.2) is 0 Å². The molecule has 0 aromatic carbocycles. The molecule has 1 saturated heterocycles. The van der Waals surface area contributed by atoms with Gasteiger partial charge in [0, 0.05) is 6.42 Å². The van der Waals surface area contributed by atoms with Crippen molar-refractivity contribution in [2.45, 2.75) is 58.0 Å². The van der Waals surface area contributed by atoms with Gasteiger partial charge in [-0.2, -0.15) is 0 Å². The first kappa shape index (κ1) is 12.7. The summed E-state index contributed by atoms with van der Waals surface area (Å²) in [6, 6.07) is 0. The lowest BCUT2D eigenvalue weighted by molar-refractivity contribution is -0.156. The zero-order valence-electron chi connectivity index (χ0n) is 10.4. The molecule has 3 nitrogen and oxygen atoms in total. The normalized spacial score (nSPS) is 24.6. The Morgan fingerprint density at radius 2 is 1.93 bits per heavy atom. The number of nitrogens with zero attached hydrogens (tertiary/aromatic N) is 1. The van der Waals surface area contributed by atoms with Crippen molar-refractivity contribution in [3.05, 3.63) is 0 Å². The van der Waals surface area contributed by atoms with Crippen molar-refractivity contribution in [3.63, 3.8) is 0 Å². The van der Waals surface area contributed by atoms with Gasteiger partial charge in [0.25, 0.3) is 0 Å². The lowest BCUT2D eigenvalue weighted by Crippen LogP contribution is -2.51. The molecule has 1 heterocycles. The maximum absolute atomic E-state index is 11.4. The van der Waals surface area contributed by atoms with Crippen LogP contribution in [0.2, 0.25) is 19.6 Å². The van der Waals surface area contributed by atoms with E-state index >= 15 is 0 Å². The van der Waals surface area contributed by atoms with Gasteiger partial charge in [-0.3, -0.25) is 9.36 Å². The van der Waals surface area contributed by atoms with E-state index in [9.17, 15) is 4.79 Å². The molecule has 1 unspecified atom stereocenters. The molecule has 0 bridgehead atoms. The summed E-state index contributed by atoms with van der Waals surface area (Å²) < 4.78 is 7.79.